The molecule has 2 nitrogen and oxygen atoms in total. The van der Waals surface area contributed by atoms with E-state index in [9.17, 15) is 0 Å². The van der Waals surface area contributed by atoms with Crippen molar-refractivity contribution >= 4 is 15.9 Å². The van der Waals surface area contributed by atoms with Crippen LogP contribution in [0.2, 0.25) is 0 Å². The molecule has 4 fully saturated rings. The molecule has 4 saturated carbocycles. The van der Waals surface area contributed by atoms with E-state index < -0.39 is 0 Å². The van der Waals surface area contributed by atoms with E-state index in [4.69, 9.17) is 9.47 Å². The number of benzene rings is 1. The molecule has 0 amide bonds. The average Bonchev–Trinajstić information content (AvgIpc) is 2.80. The smallest absolute Gasteiger partial charge is 0.247 e. The molecule has 0 saturated heterocycles. The lowest BCUT2D eigenvalue weighted by molar-refractivity contribution is -0.163. The molecule has 0 N–H and O–H groups in total. The fourth-order valence-electron chi connectivity index (χ4n) is 5.64. The van der Waals surface area contributed by atoms with Gasteiger partial charge < -0.3 is 9.47 Å². The summed E-state index contributed by atoms with van der Waals surface area (Å²) in [5, 5.41) is 0. The third-order valence-electron chi connectivity index (χ3n) is 5.96. The third kappa shape index (κ3) is 1.62. The van der Waals surface area contributed by atoms with Crippen molar-refractivity contribution in [2.45, 2.75) is 44.8 Å². The van der Waals surface area contributed by atoms with Crippen LogP contribution in [-0.2, 0) is 0 Å². The lowest BCUT2D eigenvalue weighted by Gasteiger charge is -2.57. The Balaban J connectivity index is 1.47. The number of hydrogen-bond donors (Lipinski definition) is 0. The van der Waals surface area contributed by atoms with Gasteiger partial charge in [0.2, 0.25) is 6.29 Å². The van der Waals surface area contributed by atoms with Crippen molar-refractivity contribution in [3.63, 3.8) is 0 Å². The van der Waals surface area contributed by atoms with Crippen LogP contribution in [-0.4, -0.2) is 6.29 Å². The number of ether oxygens (including phenoxy) is 2. The molecule has 0 radical (unpaired) electrons. The van der Waals surface area contributed by atoms with E-state index >= 15 is 0 Å². The average molecular weight is 335 g/mol. The largest absolute Gasteiger partial charge is 0.450 e. The first-order valence-corrected chi connectivity index (χ1v) is 8.62. The number of rotatable bonds is 1. The minimum absolute atomic E-state index is 0.0415. The summed E-state index contributed by atoms with van der Waals surface area (Å²) < 4.78 is 13.5. The summed E-state index contributed by atoms with van der Waals surface area (Å²) >= 11 is 3.51. The Hall–Kier alpha value is -0.700. The van der Waals surface area contributed by atoms with Crippen molar-refractivity contribution < 1.29 is 9.47 Å². The van der Waals surface area contributed by atoms with Gasteiger partial charge in [-0.3, -0.25) is 0 Å². The van der Waals surface area contributed by atoms with Crippen molar-refractivity contribution in [1.29, 1.82) is 0 Å². The van der Waals surface area contributed by atoms with Crippen molar-refractivity contribution in [1.82, 2.24) is 0 Å². The van der Waals surface area contributed by atoms with Crippen molar-refractivity contribution in [3.8, 4) is 11.5 Å². The molecule has 0 spiro atoms. The van der Waals surface area contributed by atoms with Crippen LogP contribution < -0.4 is 9.47 Å². The van der Waals surface area contributed by atoms with Gasteiger partial charge in [0.25, 0.3) is 0 Å². The van der Waals surface area contributed by atoms with Gasteiger partial charge in [0.15, 0.2) is 11.5 Å². The van der Waals surface area contributed by atoms with E-state index in [0.717, 1.165) is 33.7 Å². The third-order valence-corrected chi connectivity index (χ3v) is 6.45. The van der Waals surface area contributed by atoms with Gasteiger partial charge in [0, 0.05) is 9.89 Å². The summed E-state index contributed by atoms with van der Waals surface area (Å²) in [7, 11) is 0. The van der Waals surface area contributed by atoms with Crippen LogP contribution in [0.3, 0.4) is 0 Å². The SMILES string of the molecule is Brc1ccc2c(c1)OC(C13CC4CC(CC(C4)C1)C3)O2. The molecule has 1 atom stereocenters. The fourth-order valence-corrected chi connectivity index (χ4v) is 5.98. The predicted octanol–water partition coefficient (Wildman–Crippen LogP) is 4.76. The van der Waals surface area contributed by atoms with Crippen LogP contribution >= 0.6 is 15.9 Å². The Labute approximate surface area is 128 Å². The Kier molecular flexibility index (Phi) is 2.34. The molecule has 1 heterocycles. The molecule has 4 bridgehead atoms. The summed E-state index contributed by atoms with van der Waals surface area (Å²) in [6, 6.07) is 6.10. The Morgan fingerprint density at radius 2 is 1.50 bits per heavy atom. The lowest BCUT2D eigenvalue weighted by atomic mass is 9.49. The number of halogens is 1. The van der Waals surface area contributed by atoms with Crippen LogP contribution in [0.1, 0.15) is 38.5 Å². The van der Waals surface area contributed by atoms with Crippen molar-refractivity contribution in [3.05, 3.63) is 22.7 Å². The molecule has 6 rings (SSSR count). The summed E-state index contributed by atoms with van der Waals surface area (Å²) in [4.78, 5) is 0. The second kappa shape index (κ2) is 3.94. The number of hydrogen-bond acceptors (Lipinski definition) is 2. The van der Waals surface area contributed by atoms with E-state index in [2.05, 4.69) is 15.9 Å². The van der Waals surface area contributed by atoms with Crippen molar-refractivity contribution in [2.75, 3.05) is 0 Å². The van der Waals surface area contributed by atoms with Gasteiger partial charge in [-0.15, -0.1) is 0 Å². The van der Waals surface area contributed by atoms with Crippen LogP contribution in [0.15, 0.2) is 22.7 Å². The molecule has 5 aliphatic rings. The first-order chi connectivity index (χ1) is 9.70. The van der Waals surface area contributed by atoms with Crippen LogP contribution in [0.4, 0.5) is 0 Å². The Bertz CT molecular complexity index is 533. The maximum absolute atomic E-state index is 6.22. The molecule has 4 aliphatic carbocycles. The highest BCUT2D eigenvalue weighted by atomic mass is 79.9. The van der Waals surface area contributed by atoms with Gasteiger partial charge in [0.1, 0.15) is 0 Å². The van der Waals surface area contributed by atoms with E-state index in [-0.39, 0.29) is 6.29 Å². The van der Waals surface area contributed by atoms with Gasteiger partial charge in [-0.2, -0.15) is 0 Å². The minimum Gasteiger partial charge on any atom is -0.450 e. The maximum Gasteiger partial charge on any atom is 0.247 e. The van der Waals surface area contributed by atoms with E-state index in [1.54, 1.807) is 0 Å². The fraction of sp³-hybridized carbons (Fsp3) is 0.647. The molecule has 3 heteroatoms. The van der Waals surface area contributed by atoms with Gasteiger partial charge in [-0.25, -0.2) is 0 Å². The highest BCUT2D eigenvalue weighted by molar-refractivity contribution is 9.10. The van der Waals surface area contributed by atoms with Gasteiger partial charge in [-0.1, -0.05) is 15.9 Å². The van der Waals surface area contributed by atoms with Gasteiger partial charge in [0.05, 0.1) is 0 Å². The standard InChI is InChI=1S/C17H19BrO2/c18-13-1-2-14-15(6-13)20-16(19-14)17-7-10-3-11(8-17)5-12(4-10)9-17/h1-2,6,10-12,16H,3-5,7-9H2. The number of fused-ring (bicyclic) bond motifs is 1. The monoisotopic (exact) mass is 334 g/mol. The van der Waals surface area contributed by atoms with Crippen LogP contribution in [0.25, 0.3) is 0 Å². The second-order valence-electron chi connectivity index (χ2n) is 7.44. The van der Waals surface area contributed by atoms with Crippen LogP contribution in [0.5, 0.6) is 11.5 Å². The summed E-state index contributed by atoms with van der Waals surface area (Å²) in [6.07, 6.45) is 8.30. The predicted molar refractivity (Wildman–Crippen MR) is 79.8 cm³/mol. The molecule has 1 unspecified atom stereocenters. The van der Waals surface area contributed by atoms with E-state index in [1.807, 2.05) is 18.2 Å². The van der Waals surface area contributed by atoms with E-state index in [1.165, 1.54) is 38.5 Å². The normalized spacial score (nSPS) is 44.0. The van der Waals surface area contributed by atoms with Crippen LogP contribution in [0, 0.1) is 23.2 Å². The minimum atomic E-state index is -0.0415. The first-order valence-electron chi connectivity index (χ1n) is 7.83. The summed E-state index contributed by atoms with van der Waals surface area (Å²) in [5.41, 5.74) is 0.292. The first kappa shape index (κ1) is 11.9. The molecule has 0 aromatic heterocycles. The lowest BCUT2D eigenvalue weighted by Crippen LogP contribution is -2.54. The molecule has 20 heavy (non-hydrogen) atoms. The highest BCUT2D eigenvalue weighted by Crippen LogP contribution is 2.62. The Morgan fingerprint density at radius 1 is 0.900 bits per heavy atom. The zero-order valence-corrected chi connectivity index (χ0v) is 13.1. The zero-order valence-electron chi connectivity index (χ0n) is 11.5. The maximum atomic E-state index is 6.22. The molecular weight excluding hydrogens is 316 g/mol. The van der Waals surface area contributed by atoms with Gasteiger partial charge in [-0.05, 0) is 74.5 Å². The molecule has 106 valence electrons. The molecular formula is C17H19BrO2. The zero-order chi connectivity index (χ0) is 13.3. The second-order valence-corrected chi connectivity index (χ2v) is 8.35. The van der Waals surface area contributed by atoms with E-state index in [0.29, 0.717) is 5.41 Å². The highest BCUT2D eigenvalue weighted by Gasteiger charge is 2.57. The molecule has 1 aliphatic heterocycles. The molecule has 1 aromatic carbocycles. The molecule has 1 aromatic rings. The summed E-state index contributed by atoms with van der Waals surface area (Å²) in [5.74, 6) is 4.64. The van der Waals surface area contributed by atoms with Crippen molar-refractivity contribution in [2.24, 2.45) is 23.2 Å². The topological polar surface area (TPSA) is 18.5 Å². The Morgan fingerprint density at radius 3 is 2.15 bits per heavy atom. The summed E-state index contributed by atoms with van der Waals surface area (Å²) in [6.45, 7) is 0. The van der Waals surface area contributed by atoms with Gasteiger partial charge >= 0.3 is 0 Å². The quantitative estimate of drug-likeness (QED) is 0.736.